The molecule has 0 aromatic heterocycles. The highest BCUT2D eigenvalue weighted by Gasteiger charge is 2.23. The van der Waals surface area contributed by atoms with Gasteiger partial charge in [-0.1, -0.05) is 44.9 Å². The molecule has 1 heteroatoms. The van der Waals surface area contributed by atoms with Crippen molar-refractivity contribution in [1.29, 1.82) is 0 Å². The van der Waals surface area contributed by atoms with E-state index in [4.69, 9.17) is 0 Å². The van der Waals surface area contributed by atoms with Crippen LogP contribution in [0.1, 0.15) is 57.9 Å². The summed E-state index contributed by atoms with van der Waals surface area (Å²) in [6.45, 7) is 6.93. The first kappa shape index (κ1) is 12.5. The minimum absolute atomic E-state index is 0.619. The van der Waals surface area contributed by atoms with Gasteiger partial charge in [-0.3, -0.25) is 0 Å². The molecular weight excluding hydrogens is 206 g/mol. The number of hydrogen-bond acceptors (Lipinski definition) is 1. The van der Waals surface area contributed by atoms with Gasteiger partial charge in [-0.2, -0.15) is 0 Å². The fraction of sp³-hybridized carbons (Fsp3) is 0.625. The van der Waals surface area contributed by atoms with Gasteiger partial charge < -0.3 is 5.32 Å². The van der Waals surface area contributed by atoms with Gasteiger partial charge in [0.2, 0.25) is 0 Å². The van der Waals surface area contributed by atoms with Crippen LogP contribution in [-0.4, -0.2) is 6.04 Å². The Hall–Kier alpha value is -0.980. The summed E-state index contributed by atoms with van der Waals surface area (Å²) in [4.78, 5) is 0. The molecule has 0 amide bonds. The molecule has 2 rings (SSSR count). The number of hydrogen-bond donors (Lipinski definition) is 1. The maximum absolute atomic E-state index is 3.59. The monoisotopic (exact) mass is 231 g/mol. The zero-order valence-corrected chi connectivity index (χ0v) is 11.4. The topological polar surface area (TPSA) is 12.0 Å². The van der Waals surface area contributed by atoms with Crippen LogP contribution in [0.4, 0.5) is 5.69 Å². The van der Waals surface area contributed by atoms with E-state index in [2.05, 4.69) is 50.4 Å². The van der Waals surface area contributed by atoms with Crippen molar-refractivity contribution in [2.24, 2.45) is 5.92 Å². The maximum Gasteiger partial charge on any atom is 0.0377 e. The van der Waals surface area contributed by atoms with E-state index in [-0.39, 0.29) is 0 Å². The van der Waals surface area contributed by atoms with Gasteiger partial charge in [-0.15, -0.1) is 0 Å². The van der Waals surface area contributed by atoms with E-state index in [9.17, 15) is 0 Å². The molecule has 0 spiro atoms. The van der Waals surface area contributed by atoms with Crippen molar-refractivity contribution in [3.63, 3.8) is 0 Å². The molecule has 0 fully saturated rings. The molecular formula is C16H25N. The Bertz CT molecular complexity index is 356. The van der Waals surface area contributed by atoms with Crippen LogP contribution in [0.5, 0.6) is 0 Å². The fourth-order valence-electron chi connectivity index (χ4n) is 2.91. The lowest BCUT2D eigenvalue weighted by Gasteiger charge is -2.31. The average molecular weight is 231 g/mol. The lowest BCUT2D eigenvalue weighted by molar-refractivity contribution is 0.463. The van der Waals surface area contributed by atoms with Crippen LogP contribution in [-0.2, 0) is 0 Å². The number of para-hydroxylation sites is 1. The number of nitrogens with one attached hydrogen (secondary N) is 1. The van der Waals surface area contributed by atoms with Gasteiger partial charge in [-0.25, -0.2) is 0 Å². The first-order valence-corrected chi connectivity index (χ1v) is 7.02. The van der Waals surface area contributed by atoms with E-state index in [1.807, 2.05) is 0 Å². The molecule has 0 aliphatic carbocycles. The number of anilines is 1. The Labute approximate surface area is 106 Å². The molecule has 1 aliphatic heterocycles. The van der Waals surface area contributed by atoms with Crippen LogP contribution >= 0.6 is 0 Å². The van der Waals surface area contributed by atoms with Crippen LogP contribution in [0.25, 0.3) is 0 Å². The van der Waals surface area contributed by atoms with Crippen LogP contribution < -0.4 is 5.32 Å². The van der Waals surface area contributed by atoms with Crippen LogP contribution in [0.2, 0.25) is 0 Å². The third-order valence-corrected chi connectivity index (χ3v) is 3.77. The van der Waals surface area contributed by atoms with Gasteiger partial charge in [0, 0.05) is 11.7 Å². The average Bonchev–Trinajstić information content (AvgIpc) is 2.28. The highest BCUT2D eigenvalue weighted by atomic mass is 14.9. The Kier molecular flexibility index (Phi) is 4.09. The largest absolute Gasteiger partial charge is 0.382 e. The minimum atomic E-state index is 0.619. The second-order valence-electron chi connectivity index (χ2n) is 5.89. The quantitative estimate of drug-likeness (QED) is 0.784. The van der Waals surface area contributed by atoms with E-state index < -0.39 is 0 Å². The van der Waals surface area contributed by atoms with Crippen molar-refractivity contribution in [2.45, 2.75) is 58.4 Å². The first-order chi connectivity index (χ1) is 8.16. The number of fused-ring (bicyclic) bond motifs is 1. The molecule has 0 saturated heterocycles. The molecule has 1 heterocycles. The molecule has 0 saturated carbocycles. The standard InChI is InChI=1S/C16H25N/c1-12(2)7-6-8-14-11-13(3)17-16-10-5-4-9-15(14)16/h4-5,9-10,12-14,17H,6-8,11H2,1-3H3. The smallest absolute Gasteiger partial charge is 0.0377 e. The predicted octanol–water partition coefficient (Wildman–Crippen LogP) is 4.80. The molecule has 0 radical (unpaired) electrons. The third-order valence-electron chi connectivity index (χ3n) is 3.77. The van der Waals surface area contributed by atoms with Crippen molar-refractivity contribution in [3.8, 4) is 0 Å². The third kappa shape index (κ3) is 3.24. The van der Waals surface area contributed by atoms with Crippen molar-refractivity contribution in [3.05, 3.63) is 29.8 Å². The van der Waals surface area contributed by atoms with E-state index in [1.54, 1.807) is 0 Å². The van der Waals surface area contributed by atoms with E-state index in [1.165, 1.54) is 36.9 Å². The normalized spacial score (nSPS) is 23.3. The Morgan fingerprint density at radius 1 is 1.29 bits per heavy atom. The van der Waals surface area contributed by atoms with Gasteiger partial charge in [-0.05, 0) is 43.2 Å². The van der Waals surface area contributed by atoms with E-state index >= 15 is 0 Å². The Balaban J connectivity index is 2.02. The summed E-state index contributed by atoms with van der Waals surface area (Å²) in [7, 11) is 0. The molecule has 94 valence electrons. The highest BCUT2D eigenvalue weighted by Crippen LogP contribution is 2.37. The lowest BCUT2D eigenvalue weighted by atomic mass is 9.83. The number of rotatable bonds is 4. The molecule has 1 aliphatic rings. The van der Waals surface area contributed by atoms with Crippen molar-refractivity contribution in [2.75, 3.05) is 5.32 Å². The van der Waals surface area contributed by atoms with Crippen LogP contribution in [0.15, 0.2) is 24.3 Å². The molecule has 17 heavy (non-hydrogen) atoms. The number of benzene rings is 1. The van der Waals surface area contributed by atoms with Gasteiger partial charge in [0.15, 0.2) is 0 Å². The molecule has 1 aromatic rings. The summed E-state index contributed by atoms with van der Waals surface area (Å²) in [6, 6.07) is 9.45. The summed E-state index contributed by atoms with van der Waals surface area (Å²) >= 11 is 0. The lowest BCUT2D eigenvalue weighted by Crippen LogP contribution is -2.25. The molecule has 1 nitrogen and oxygen atoms in total. The van der Waals surface area contributed by atoms with Gasteiger partial charge in [0.25, 0.3) is 0 Å². The summed E-state index contributed by atoms with van der Waals surface area (Å²) in [5.41, 5.74) is 2.90. The van der Waals surface area contributed by atoms with E-state index in [0.717, 1.165) is 11.8 Å². The zero-order valence-electron chi connectivity index (χ0n) is 11.4. The first-order valence-electron chi connectivity index (χ1n) is 7.02. The molecule has 1 N–H and O–H groups in total. The van der Waals surface area contributed by atoms with Crippen molar-refractivity contribution in [1.82, 2.24) is 0 Å². The Morgan fingerprint density at radius 3 is 2.82 bits per heavy atom. The predicted molar refractivity (Wildman–Crippen MR) is 75.6 cm³/mol. The highest BCUT2D eigenvalue weighted by molar-refractivity contribution is 5.55. The molecule has 2 atom stereocenters. The summed E-state index contributed by atoms with van der Waals surface area (Å²) in [5.74, 6) is 1.60. The molecule has 0 bridgehead atoms. The SMILES string of the molecule is CC(C)CCCC1CC(C)Nc2ccccc21. The van der Waals surface area contributed by atoms with Gasteiger partial charge in [0.05, 0.1) is 0 Å². The van der Waals surface area contributed by atoms with Crippen LogP contribution in [0.3, 0.4) is 0 Å². The molecule has 1 aromatic carbocycles. The van der Waals surface area contributed by atoms with Crippen molar-refractivity contribution >= 4 is 5.69 Å². The zero-order chi connectivity index (χ0) is 12.3. The van der Waals surface area contributed by atoms with Gasteiger partial charge in [0.1, 0.15) is 0 Å². The maximum atomic E-state index is 3.59. The fourth-order valence-corrected chi connectivity index (χ4v) is 2.91. The second kappa shape index (κ2) is 5.57. The summed E-state index contributed by atoms with van der Waals surface area (Å²) < 4.78 is 0. The van der Waals surface area contributed by atoms with Crippen molar-refractivity contribution < 1.29 is 0 Å². The van der Waals surface area contributed by atoms with Gasteiger partial charge >= 0.3 is 0 Å². The summed E-state index contributed by atoms with van der Waals surface area (Å²) in [5, 5.41) is 3.59. The summed E-state index contributed by atoms with van der Waals surface area (Å²) in [6.07, 6.45) is 5.36. The minimum Gasteiger partial charge on any atom is -0.382 e. The van der Waals surface area contributed by atoms with E-state index in [0.29, 0.717) is 6.04 Å². The molecule has 2 unspecified atom stereocenters. The second-order valence-corrected chi connectivity index (χ2v) is 5.89. The van der Waals surface area contributed by atoms with Crippen LogP contribution in [0, 0.1) is 5.92 Å². The Morgan fingerprint density at radius 2 is 2.06 bits per heavy atom.